The van der Waals surface area contributed by atoms with Crippen molar-refractivity contribution in [1.29, 1.82) is 5.26 Å². The minimum absolute atomic E-state index is 0.0542. The molecular formula is C27H26N8O. The van der Waals surface area contributed by atoms with Crippen molar-refractivity contribution in [2.45, 2.75) is 19.5 Å². The average molecular weight is 479 g/mol. The van der Waals surface area contributed by atoms with Crippen molar-refractivity contribution in [3.63, 3.8) is 0 Å². The van der Waals surface area contributed by atoms with Crippen LogP contribution in [-0.4, -0.2) is 56.3 Å². The Bertz CT molecular complexity index is 1410. The number of nitrogens with zero attached hydrogens (tertiary/aromatic N) is 7. The van der Waals surface area contributed by atoms with E-state index in [-0.39, 0.29) is 18.5 Å². The Morgan fingerprint density at radius 3 is 2.36 bits per heavy atom. The minimum Gasteiger partial charge on any atom is -0.338 e. The fraction of sp³-hybridized carbons (Fsp3) is 0.222. The number of aliphatic imine (C=N–C) groups is 1. The number of amides is 1. The maximum Gasteiger partial charge on any atom is 0.246 e. The summed E-state index contributed by atoms with van der Waals surface area (Å²) in [6.45, 7) is 3.53. The molecule has 3 aromatic carbocycles. The molecule has 1 amide bonds. The third kappa shape index (κ3) is 4.88. The summed E-state index contributed by atoms with van der Waals surface area (Å²) in [6.07, 6.45) is 2.02. The van der Waals surface area contributed by atoms with Crippen LogP contribution in [0.4, 0.5) is 5.69 Å². The van der Waals surface area contributed by atoms with Gasteiger partial charge in [0, 0.05) is 19.6 Å². The smallest absolute Gasteiger partial charge is 0.246 e. The number of nitrogens with one attached hydrogen (secondary N) is 1. The number of carbonyl (C=O) groups excluding carboxylic acids is 1. The number of hydrogen-bond acceptors (Lipinski definition) is 5. The molecule has 1 aromatic heterocycles. The van der Waals surface area contributed by atoms with Gasteiger partial charge in [0.05, 0.1) is 11.7 Å². The molecule has 0 saturated carbocycles. The number of fused-ring (bicyclic) bond motifs is 1. The second-order valence-corrected chi connectivity index (χ2v) is 8.64. The number of aromatic nitrogens is 3. The summed E-state index contributed by atoms with van der Waals surface area (Å²) >= 11 is 0. The van der Waals surface area contributed by atoms with Crippen molar-refractivity contribution < 1.29 is 4.79 Å². The molecule has 180 valence electrons. The first kappa shape index (κ1) is 23.1. The Kier molecular flexibility index (Phi) is 6.58. The molecule has 0 aliphatic carbocycles. The van der Waals surface area contributed by atoms with Crippen LogP contribution in [0.15, 0.2) is 83.9 Å². The number of piperazine rings is 1. The number of para-hydroxylation sites is 1. The summed E-state index contributed by atoms with van der Waals surface area (Å²) in [4.78, 5) is 23.6. The molecule has 0 bridgehead atoms. The molecule has 2 heterocycles. The number of rotatable bonds is 4. The molecule has 1 saturated heterocycles. The van der Waals surface area contributed by atoms with E-state index in [4.69, 9.17) is 4.99 Å². The van der Waals surface area contributed by atoms with E-state index in [2.05, 4.69) is 15.5 Å². The van der Waals surface area contributed by atoms with Crippen molar-refractivity contribution in [3.8, 4) is 6.19 Å². The van der Waals surface area contributed by atoms with Crippen LogP contribution < -0.4 is 5.32 Å². The predicted molar refractivity (Wildman–Crippen MR) is 137 cm³/mol. The number of nitriles is 1. The molecule has 1 aliphatic rings. The van der Waals surface area contributed by atoms with Crippen molar-refractivity contribution in [2.75, 3.05) is 19.6 Å². The number of carbonyl (C=O) groups is 1. The molecule has 36 heavy (non-hydrogen) atoms. The second kappa shape index (κ2) is 10.3. The van der Waals surface area contributed by atoms with Crippen LogP contribution >= 0.6 is 0 Å². The molecular weight excluding hydrogens is 452 g/mol. The molecule has 1 N–H and O–H groups in total. The quantitative estimate of drug-likeness (QED) is 0.209. The predicted octanol–water partition coefficient (Wildman–Crippen LogP) is 3.38. The fourth-order valence-electron chi connectivity index (χ4n) is 4.45. The zero-order valence-electron chi connectivity index (χ0n) is 20.0. The minimum atomic E-state index is -0.222. The zero-order chi connectivity index (χ0) is 24.9. The van der Waals surface area contributed by atoms with Crippen molar-refractivity contribution >= 4 is 28.6 Å². The molecule has 0 spiro atoms. The third-order valence-corrected chi connectivity index (χ3v) is 6.30. The Morgan fingerprint density at radius 1 is 1.00 bits per heavy atom. The lowest BCUT2D eigenvalue weighted by atomic mass is 10.0. The van der Waals surface area contributed by atoms with Gasteiger partial charge in [0.1, 0.15) is 17.6 Å². The molecule has 9 heteroatoms. The Hall–Kier alpha value is -4.71. The summed E-state index contributed by atoms with van der Waals surface area (Å²) in [6, 6.07) is 25.1. The van der Waals surface area contributed by atoms with Gasteiger partial charge < -0.3 is 9.80 Å². The number of hydrogen-bond donors (Lipinski definition) is 1. The molecule has 5 rings (SSSR count). The van der Waals surface area contributed by atoms with Gasteiger partial charge in [-0.25, -0.2) is 4.99 Å². The fourth-order valence-corrected chi connectivity index (χ4v) is 4.45. The maximum atomic E-state index is 13.5. The Labute approximate surface area is 209 Å². The van der Waals surface area contributed by atoms with Gasteiger partial charge in [0.25, 0.3) is 0 Å². The van der Waals surface area contributed by atoms with Gasteiger partial charge in [0.15, 0.2) is 6.19 Å². The van der Waals surface area contributed by atoms with Crippen molar-refractivity contribution in [2.24, 2.45) is 4.99 Å². The van der Waals surface area contributed by atoms with Crippen LogP contribution in [0.25, 0.3) is 11.0 Å². The lowest BCUT2D eigenvalue weighted by molar-refractivity contribution is -0.136. The highest BCUT2D eigenvalue weighted by Gasteiger charge is 2.33. The van der Waals surface area contributed by atoms with Gasteiger partial charge in [-0.1, -0.05) is 60.7 Å². The van der Waals surface area contributed by atoms with E-state index in [0.717, 1.165) is 27.8 Å². The standard InChI is InChI=1S/C27H26N8O/c1-20-9-5-6-12-22(20)30-27(29-19-28)33-15-16-34(25(17-33)21-10-3-2-4-11-21)26(36)18-35-31-23-13-7-8-14-24(23)32-35/h2-14,25H,15-18H2,1H3,(H,29,30). The van der Waals surface area contributed by atoms with E-state index in [1.807, 2.05) is 102 Å². The highest BCUT2D eigenvalue weighted by molar-refractivity contribution is 5.85. The van der Waals surface area contributed by atoms with Gasteiger partial charge >= 0.3 is 0 Å². The van der Waals surface area contributed by atoms with Crippen LogP contribution in [0.1, 0.15) is 17.2 Å². The summed E-state index contributed by atoms with van der Waals surface area (Å²) < 4.78 is 0. The summed E-state index contributed by atoms with van der Waals surface area (Å²) in [7, 11) is 0. The summed E-state index contributed by atoms with van der Waals surface area (Å²) in [5.41, 5.74) is 4.34. The first-order valence-electron chi connectivity index (χ1n) is 11.8. The SMILES string of the molecule is Cc1ccccc1N=C(NC#N)N1CCN(C(=O)Cn2nc3ccccc3n2)C(c2ccccc2)C1. The van der Waals surface area contributed by atoms with Gasteiger partial charge in [-0.3, -0.25) is 10.1 Å². The molecule has 1 unspecified atom stereocenters. The molecule has 4 aromatic rings. The average Bonchev–Trinajstić information content (AvgIpc) is 3.32. The lowest BCUT2D eigenvalue weighted by Gasteiger charge is -2.42. The van der Waals surface area contributed by atoms with Gasteiger partial charge in [-0.15, -0.1) is 0 Å². The van der Waals surface area contributed by atoms with E-state index < -0.39 is 0 Å². The van der Waals surface area contributed by atoms with Gasteiger partial charge in [0.2, 0.25) is 11.9 Å². The molecule has 9 nitrogen and oxygen atoms in total. The summed E-state index contributed by atoms with van der Waals surface area (Å²) in [5, 5.41) is 21.1. The normalized spacial score (nSPS) is 16.1. The van der Waals surface area contributed by atoms with Crippen LogP contribution in [0.3, 0.4) is 0 Å². The van der Waals surface area contributed by atoms with Crippen LogP contribution in [-0.2, 0) is 11.3 Å². The molecule has 1 atom stereocenters. The first-order valence-corrected chi connectivity index (χ1v) is 11.8. The van der Waals surface area contributed by atoms with Gasteiger partial charge in [-0.05, 0) is 36.2 Å². The van der Waals surface area contributed by atoms with Crippen LogP contribution in [0, 0.1) is 18.4 Å². The topological polar surface area (TPSA) is 102 Å². The van der Waals surface area contributed by atoms with Crippen molar-refractivity contribution in [1.82, 2.24) is 30.1 Å². The lowest BCUT2D eigenvalue weighted by Crippen LogP contribution is -2.55. The monoisotopic (exact) mass is 478 g/mol. The van der Waals surface area contributed by atoms with Crippen molar-refractivity contribution in [3.05, 3.63) is 90.0 Å². The van der Waals surface area contributed by atoms with Gasteiger partial charge in [-0.2, -0.15) is 20.3 Å². The van der Waals surface area contributed by atoms with Crippen LogP contribution in [0.5, 0.6) is 0 Å². The highest BCUT2D eigenvalue weighted by Crippen LogP contribution is 2.27. The number of aryl methyl sites for hydroxylation is 1. The number of guanidine groups is 1. The van der Waals surface area contributed by atoms with E-state index in [9.17, 15) is 10.1 Å². The molecule has 0 radical (unpaired) electrons. The van der Waals surface area contributed by atoms with E-state index in [0.29, 0.717) is 25.6 Å². The zero-order valence-corrected chi connectivity index (χ0v) is 20.0. The third-order valence-electron chi connectivity index (χ3n) is 6.30. The van der Waals surface area contributed by atoms with E-state index in [1.54, 1.807) is 0 Å². The Balaban J connectivity index is 1.41. The molecule has 1 fully saturated rings. The maximum absolute atomic E-state index is 13.5. The van der Waals surface area contributed by atoms with Crippen LogP contribution in [0.2, 0.25) is 0 Å². The first-order chi connectivity index (χ1) is 17.6. The molecule has 1 aliphatic heterocycles. The highest BCUT2D eigenvalue weighted by atomic mass is 16.2. The second-order valence-electron chi connectivity index (χ2n) is 8.64. The largest absolute Gasteiger partial charge is 0.338 e. The summed E-state index contributed by atoms with van der Waals surface area (Å²) in [5.74, 6) is 0.411. The van der Waals surface area contributed by atoms with E-state index >= 15 is 0 Å². The Morgan fingerprint density at radius 2 is 1.67 bits per heavy atom. The number of benzene rings is 3. The van der Waals surface area contributed by atoms with E-state index in [1.165, 1.54) is 4.80 Å².